The highest BCUT2D eigenvalue weighted by atomic mass is 16.6. The fourth-order valence-corrected chi connectivity index (χ4v) is 7.65. The van der Waals surface area contributed by atoms with E-state index in [-0.39, 0.29) is 17.8 Å². The van der Waals surface area contributed by atoms with Crippen molar-refractivity contribution < 1.29 is 14.7 Å². The summed E-state index contributed by atoms with van der Waals surface area (Å²) in [5, 5.41) is 13.7. The zero-order valence-electron chi connectivity index (χ0n) is 22.4. The molecule has 1 N–H and O–H groups in total. The molecular formula is C30H38N4O4. The summed E-state index contributed by atoms with van der Waals surface area (Å²) in [7, 11) is 0. The van der Waals surface area contributed by atoms with Crippen LogP contribution in [0, 0.1) is 11.8 Å². The summed E-state index contributed by atoms with van der Waals surface area (Å²) in [5.41, 5.74) is 1.66. The van der Waals surface area contributed by atoms with Crippen LogP contribution < -0.4 is 5.56 Å². The molecule has 0 spiro atoms. The number of oxime groups is 1. The third-order valence-corrected chi connectivity index (χ3v) is 9.03. The number of carboxylic acid groups (broad SMARTS) is 1. The first-order valence-electron chi connectivity index (χ1n) is 14.3. The van der Waals surface area contributed by atoms with Gasteiger partial charge in [0.15, 0.2) is 5.69 Å². The van der Waals surface area contributed by atoms with Crippen LogP contribution in [0.25, 0.3) is 11.0 Å². The molecule has 2 aromatic rings. The molecule has 0 amide bonds. The number of fused-ring (bicyclic) bond motifs is 5. The summed E-state index contributed by atoms with van der Waals surface area (Å²) < 4.78 is 1.80. The zero-order valence-corrected chi connectivity index (χ0v) is 22.4. The Bertz CT molecular complexity index is 1330. The van der Waals surface area contributed by atoms with Gasteiger partial charge in [0.05, 0.1) is 11.0 Å². The second kappa shape index (κ2) is 10.2. The van der Waals surface area contributed by atoms with Gasteiger partial charge in [-0.1, -0.05) is 42.6 Å². The van der Waals surface area contributed by atoms with Crippen molar-refractivity contribution in [2.75, 3.05) is 0 Å². The van der Waals surface area contributed by atoms with E-state index in [1.165, 1.54) is 44.2 Å². The Balaban J connectivity index is 1.38. The maximum absolute atomic E-state index is 14.0. The van der Waals surface area contributed by atoms with Crippen LogP contribution in [0.1, 0.15) is 89.8 Å². The minimum Gasteiger partial charge on any atom is -0.476 e. The smallest absolute Gasteiger partial charge is 0.360 e. The number of benzene rings is 1. The molecule has 5 atom stereocenters. The number of rotatable bonds is 6. The number of aliphatic carboxylic acids is 1. The van der Waals surface area contributed by atoms with Crippen molar-refractivity contribution >= 4 is 22.7 Å². The normalized spacial score (nSPS) is 29.3. The Kier molecular flexibility index (Phi) is 6.74. The minimum absolute atomic E-state index is 0.0638. The highest BCUT2D eigenvalue weighted by Crippen LogP contribution is 2.47. The van der Waals surface area contributed by atoms with Gasteiger partial charge in [-0.3, -0.25) is 4.79 Å². The predicted molar refractivity (Wildman–Crippen MR) is 146 cm³/mol. The van der Waals surface area contributed by atoms with E-state index >= 15 is 0 Å². The van der Waals surface area contributed by atoms with Crippen molar-refractivity contribution in [3.05, 3.63) is 52.1 Å². The zero-order chi connectivity index (χ0) is 26.4. The van der Waals surface area contributed by atoms with Crippen molar-refractivity contribution in [1.29, 1.82) is 0 Å². The van der Waals surface area contributed by atoms with Crippen LogP contribution in [0.2, 0.25) is 0 Å². The van der Waals surface area contributed by atoms with E-state index in [0.29, 0.717) is 17.6 Å². The van der Waals surface area contributed by atoms with E-state index in [1.54, 1.807) is 18.4 Å². The van der Waals surface area contributed by atoms with Crippen molar-refractivity contribution in [1.82, 2.24) is 14.5 Å². The molecule has 6 rings (SSSR count). The lowest BCUT2D eigenvalue weighted by molar-refractivity contribution is -0.129. The largest absolute Gasteiger partial charge is 0.476 e. The van der Waals surface area contributed by atoms with Gasteiger partial charge < -0.3 is 19.4 Å². The molecule has 1 saturated heterocycles. The van der Waals surface area contributed by atoms with Gasteiger partial charge in [0.2, 0.25) is 5.71 Å². The number of hydrogen-bond acceptors (Lipinski definition) is 6. The van der Waals surface area contributed by atoms with Crippen LogP contribution in [0.4, 0.5) is 0 Å². The monoisotopic (exact) mass is 518 g/mol. The van der Waals surface area contributed by atoms with Crippen LogP contribution in [0.5, 0.6) is 0 Å². The molecule has 3 heterocycles. The number of aromatic nitrogens is 2. The number of carboxylic acids is 1. The summed E-state index contributed by atoms with van der Waals surface area (Å²) in [6, 6.07) is 8.45. The van der Waals surface area contributed by atoms with E-state index in [9.17, 15) is 14.7 Å². The quantitative estimate of drug-likeness (QED) is 0.414. The Hall–Kier alpha value is -3.16. The molecule has 8 nitrogen and oxygen atoms in total. The number of para-hydroxylation sites is 2. The summed E-state index contributed by atoms with van der Waals surface area (Å²) in [4.78, 5) is 38.6. The number of nitrogens with zero attached hydrogens (tertiary/aromatic N) is 4. The summed E-state index contributed by atoms with van der Waals surface area (Å²) in [6.07, 6.45) is 14.1. The molecular weight excluding hydrogens is 480 g/mol. The van der Waals surface area contributed by atoms with Gasteiger partial charge in [0, 0.05) is 30.2 Å². The molecule has 0 radical (unpaired) electrons. The molecule has 3 fully saturated rings. The lowest BCUT2D eigenvalue weighted by atomic mass is 9.69. The third-order valence-electron chi connectivity index (χ3n) is 9.03. The lowest BCUT2D eigenvalue weighted by Crippen LogP contribution is -2.52. The Morgan fingerprint density at radius 2 is 1.82 bits per heavy atom. The van der Waals surface area contributed by atoms with Gasteiger partial charge in [-0.25, -0.2) is 9.78 Å². The molecule has 3 unspecified atom stereocenters. The second-order valence-electron chi connectivity index (χ2n) is 12.0. The molecule has 1 aromatic heterocycles. The van der Waals surface area contributed by atoms with E-state index in [2.05, 4.69) is 21.1 Å². The van der Waals surface area contributed by atoms with Crippen LogP contribution in [0.15, 0.2) is 46.0 Å². The molecule has 4 aliphatic rings. The summed E-state index contributed by atoms with van der Waals surface area (Å²) in [5.74, 6) is 0.402. The van der Waals surface area contributed by atoms with Gasteiger partial charge in [0.25, 0.3) is 5.56 Å². The van der Waals surface area contributed by atoms with Gasteiger partial charge in [-0.2, -0.15) is 0 Å². The minimum atomic E-state index is -1.32. The molecule has 2 aliphatic carbocycles. The standard InChI is InChI=1S/C30H38N4O4/c1-18(2)38-32-28(30(36)37)27-29(35)34(26-12-4-3-11-25(26)31-27)24-16-21-9-6-10-22(17-24)33(21)23-14-19-7-5-8-20(13-19)15-23/h3-4,9,11-12,18-20,22-24H,5-8,10,13-17H2,1-2H3,(H,36,37)/b32-28-/t19-,20+,22?,23?,24?. The SMILES string of the molecule is CC(C)O/N=C(\C(=O)O)c1nc2ccccc2n(C2CC3=CCCC(C2)N3C2C[C@H]3CCC[C@@H](C2)C3)c1=O. The number of allylic oxidation sites excluding steroid dienone is 2. The number of hydrogen-bond donors (Lipinski definition) is 1. The van der Waals surface area contributed by atoms with E-state index < -0.39 is 17.2 Å². The van der Waals surface area contributed by atoms with Crippen molar-refractivity contribution in [2.45, 2.75) is 102 Å². The Labute approximate surface area is 223 Å². The summed E-state index contributed by atoms with van der Waals surface area (Å²) >= 11 is 0. The van der Waals surface area contributed by atoms with Gasteiger partial charge >= 0.3 is 5.97 Å². The first-order chi connectivity index (χ1) is 18.4. The highest BCUT2D eigenvalue weighted by Gasteiger charge is 2.42. The van der Waals surface area contributed by atoms with Crippen LogP contribution >= 0.6 is 0 Å². The first-order valence-corrected chi connectivity index (χ1v) is 14.3. The first kappa shape index (κ1) is 25.1. The maximum atomic E-state index is 14.0. The summed E-state index contributed by atoms with van der Waals surface area (Å²) in [6.45, 7) is 3.52. The van der Waals surface area contributed by atoms with E-state index in [0.717, 1.165) is 43.0 Å². The molecule has 1 aromatic carbocycles. The van der Waals surface area contributed by atoms with E-state index in [4.69, 9.17) is 4.84 Å². The number of carbonyl (C=O) groups is 1. The van der Waals surface area contributed by atoms with Crippen LogP contribution in [-0.2, 0) is 9.63 Å². The maximum Gasteiger partial charge on any atom is 0.360 e. The molecule has 2 saturated carbocycles. The molecule has 202 valence electrons. The average molecular weight is 519 g/mol. The molecule has 2 aliphatic heterocycles. The predicted octanol–water partition coefficient (Wildman–Crippen LogP) is 5.26. The fraction of sp³-hybridized carbons (Fsp3) is 0.600. The van der Waals surface area contributed by atoms with Crippen molar-refractivity contribution in [2.24, 2.45) is 17.0 Å². The van der Waals surface area contributed by atoms with Crippen LogP contribution in [-0.4, -0.2) is 49.4 Å². The van der Waals surface area contributed by atoms with Crippen molar-refractivity contribution in [3.8, 4) is 0 Å². The van der Waals surface area contributed by atoms with Gasteiger partial charge in [-0.15, -0.1) is 0 Å². The van der Waals surface area contributed by atoms with E-state index in [1.807, 2.05) is 24.3 Å². The van der Waals surface area contributed by atoms with Crippen LogP contribution in [0.3, 0.4) is 0 Å². The molecule has 4 bridgehead atoms. The highest BCUT2D eigenvalue weighted by molar-refractivity contribution is 6.41. The topological polar surface area (TPSA) is 97.0 Å². The fourth-order valence-electron chi connectivity index (χ4n) is 7.65. The average Bonchev–Trinajstić information content (AvgIpc) is 2.87. The van der Waals surface area contributed by atoms with Gasteiger partial charge in [0.1, 0.15) is 6.10 Å². The number of piperidine rings is 1. The Morgan fingerprint density at radius 3 is 2.53 bits per heavy atom. The Morgan fingerprint density at radius 1 is 1.05 bits per heavy atom. The second-order valence-corrected chi connectivity index (χ2v) is 12.0. The third kappa shape index (κ3) is 4.63. The van der Waals surface area contributed by atoms with Crippen molar-refractivity contribution in [3.63, 3.8) is 0 Å². The molecule has 38 heavy (non-hydrogen) atoms. The lowest BCUT2D eigenvalue weighted by Gasteiger charge is -2.53. The van der Waals surface area contributed by atoms with Gasteiger partial charge in [-0.05, 0) is 76.3 Å². The molecule has 8 heteroatoms.